The number of anilines is 2. The van der Waals surface area contributed by atoms with E-state index in [4.69, 9.17) is 15.6 Å². The number of likely N-dealkylation sites (N-methyl/N-ethyl adjacent to an activating group) is 1. The maximum absolute atomic E-state index is 11.2. The fourth-order valence-electron chi connectivity index (χ4n) is 2.29. The van der Waals surface area contributed by atoms with E-state index in [1.54, 1.807) is 6.07 Å². The van der Waals surface area contributed by atoms with E-state index in [1.165, 1.54) is 12.1 Å². The summed E-state index contributed by atoms with van der Waals surface area (Å²) in [5.74, 6) is 0. The average Bonchev–Trinajstić information content (AvgIpc) is 2.45. The number of hydrogen-bond donors (Lipinski definition) is 3. The molecule has 0 aliphatic carbocycles. The summed E-state index contributed by atoms with van der Waals surface area (Å²) in [6, 6.07) is 4.42. The highest BCUT2D eigenvalue weighted by molar-refractivity contribution is 7.89. The zero-order valence-corrected chi connectivity index (χ0v) is 12.9. The lowest BCUT2D eigenvalue weighted by Crippen LogP contribution is -2.45. The number of nitrogens with two attached hydrogens (primary N) is 2. The Morgan fingerprint density at radius 1 is 1.48 bits per heavy atom. The second kappa shape index (κ2) is 6.61. The molecule has 1 saturated heterocycles. The minimum atomic E-state index is -3.73. The van der Waals surface area contributed by atoms with Gasteiger partial charge in [0.25, 0.3) is 0 Å². The van der Waals surface area contributed by atoms with Gasteiger partial charge >= 0.3 is 0 Å². The Balaban J connectivity index is 1.97. The maximum atomic E-state index is 11.2. The fraction of sp³-hybridized carbons (Fsp3) is 0.538. The van der Waals surface area contributed by atoms with Gasteiger partial charge in [0.05, 0.1) is 29.0 Å². The monoisotopic (exact) mass is 314 g/mol. The zero-order chi connectivity index (χ0) is 15.5. The van der Waals surface area contributed by atoms with Crippen molar-refractivity contribution in [1.82, 2.24) is 4.90 Å². The van der Waals surface area contributed by atoms with E-state index in [9.17, 15) is 8.42 Å². The van der Waals surface area contributed by atoms with E-state index in [0.29, 0.717) is 17.9 Å². The Morgan fingerprint density at radius 2 is 2.24 bits per heavy atom. The molecule has 21 heavy (non-hydrogen) atoms. The standard InChI is InChI=1S/C13H22N4O3S/c1-2-17-5-6-20-10(9-17)8-16-13-4-3-11(7-12(13)14)21(15,18)19/h3-4,7,10,16H,2,5-6,8-9,14H2,1H3,(H2,15,18,19). The molecule has 1 heterocycles. The Bertz CT molecular complexity index is 591. The molecule has 1 aliphatic rings. The molecule has 0 bridgehead atoms. The SMILES string of the molecule is CCN1CCOC(CNc2ccc(S(N)(=O)=O)cc2N)C1. The molecule has 0 radical (unpaired) electrons. The minimum absolute atomic E-state index is 0.0108. The topological polar surface area (TPSA) is 111 Å². The first kappa shape index (κ1) is 16.0. The first-order chi connectivity index (χ1) is 9.90. The second-order valence-corrected chi connectivity index (χ2v) is 6.62. The lowest BCUT2D eigenvalue weighted by Gasteiger charge is -2.32. The third-order valence-electron chi connectivity index (χ3n) is 3.54. The molecule has 7 nitrogen and oxygen atoms in total. The Kier molecular flexibility index (Phi) is 5.04. The third kappa shape index (κ3) is 4.31. The van der Waals surface area contributed by atoms with Gasteiger partial charge in [0, 0.05) is 19.6 Å². The molecule has 118 valence electrons. The summed E-state index contributed by atoms with van der Waals surface area (Å²) in [4.78, 5) is 2.33. The van der Waals surface area contributed by atoms with E-state index in [0.717, 1.165) is 26.2 Å². The number of hydrogen-bond acceptors (Lipinski definition) is 6. The van der Waals surface area contributed by atoms with E-state index >= 15 is 0 Å². The highest BCUT2D eigenvalue weighted by Gasteiger charge is 2.19. The molecule has 1 aromatic carbocycles. The summed E-state index contributed by atoms with van der Waals surface area (Å²) in [7, 11) is -3.73. The van der Waals surface area contributed by atoms with Gasteiger partial charge in [-0.3, -0.25) is 4.90 Å². The van der Waals surface area contributed by atoms with Crippen molar-refractivity contribution in [2.24, 2.45) is 5.14 Å². The molecule has 5 N–H and O–H groups in total. The van der Waals surface area contributed by atoms with Gasteiger partial charge in [0.1, 0.15) is 0 Å². The molecular weight excluding hydrogens is 292 g/mol. The van der Waals surface area contributed by atoms with Crippen LogP contribution in [0, 0.1) is 0 Å². The molecule has 0 amide bonds. The number of rotatable bonds is 5. The smallest absolute Gasteiger partial charge is 0.238 e. The molecule has 0 spiro atoms. The molecule has 8 heteroatoms. The number of benzene rings is 1. The number of nitrogens with zero attached hydrogens (tertiary/aromatic N) is 1. The highest BCUT2D eigenvalue weighted by Crippen LogP contribution is 2.22. The number of morpholine rings is 1. The van der Waals surface area contributed by atoms with Crippen LogP contribution in [0.1, 0.15) is 6.92 Å². The summed E-state index contributed by atoms with van der Waals surface area (Å²) in [5.41, 5.74) is 6.89. The number of primary sulfonamides is 1. The van der Waals surface area contributed by atoms with Crippen molar-refractivity contribution in [3.8, 4) is 0 Å². The van der Waals surface area contributed by atoms with Crippen LogP contribution >= 0.6 is 0 Å². The van der Waals surface area contributed by atoms with Crippen molar-refractivity contribution >= 4 is 21.4 Å². The van der Waals surface area contributed by atoms with Crippen LogP contribution in [0.25, 0.3) is 0 Å². The quantitative estimate of drug-likeness (QED) is 0.662. The number of nitrogen functional groups attached to an aromatic ring is 1. The highest BCUT2D eigenvalue weighted by atomic mass is 32.2. The number of nitrogens with one attached hydrogen (secondary N) is 1. The molecular formula is C13H22N4O3S. The largest absolute Gasteiger partial charge is 0.397 e. The van der Waals surface area contributed by atoms with E-state index in [1.807, 2.05) is 0 Å². The summed E-state index contributed by atoms with van der Waals surface area (Å²) < 4.78 is 28.2. The zero-order valence-electron chi connectivity index (χ0n) is 12.1. The van der Waals surface area contributed by atoms with Gasteiger partial charge < -0.3 is 15.8 Å². The van der Waals surface area contributed by atoms with Crippen molar-refractivity contribution in [1.29, 1.82) is 0 Å². The van der Waals surface area contributed by atoms with Crippen molar-refractivity contribution in [3.05, 3.63) is 18.2 Å². The van der Waals surface area contributed by atoms with Gasteiger partial charge in [0.2, 0.25) is 10.0 Å². The molecule has 2 rings (SSSR count). The molecule has 1 unspecified atom stereocenters. The van der Waals surface area contributed by atoms with Crippen LogP contribution in [-0.4, -0.2) is 52.2 Å². The second-order valence-electron chi connectivity index (χ2n) is 5.06. The van der Waals surface area contributed by atoms with E-state index < -0.39 is 10.0 Å². The molecule has 0 aromatic heterocycles. The van der Waals surface area contributed by atoms with E-state index in [-0.39, 0.29) is 11.0 Å². The first-order valence-corrected chi connectivity index (χ1v) is 8.45. The Hall–Kier alpha value is -1.35. The minimum Gasteiger partial charge on any atom is -0.397 e. The van der Waals surface area contributed by atoms with Crippen molar-refractivity contribution in [3.63, 3.8) is 0 Å². The van der Waals surface area contributed by atoms with Gasteiger partial charge in [-0.25, -0.2) is 13.6 Å². The first-order valence-electron chi connectivity index (χ1n) is 6.90. The predicted octanol–water partition coefficient (Wildman–Crippen LogP) is 0.0488. The van der Waals surface area contributed by atoms with Crippen LogP contribution in [0.15, 0.2) is 23.1 Å². The Morgan fingerprint density at radius 3 is 2.86 bits per heavy atom. The van der Waals surface area contributed by atoms with Crippen LogP contribution in [0.3, 0.4) is 0 Å². The van der Waals surface area contributed by atoms with Crippen LogP contribution in [0.4, 0.5) is 11.4 Å². The summed E-state index contributed by atoms with van der Waals surface area (Å²) >= 11 is 0. The Labute approximate surface area is 125 Å². The van der Waals surface area contributed by atoms with Crippen LogP contribution < -0.4 is 16.2 Å². The summed E-state index contributed by atoms with van der Waals surface area (Å²) in [6.07, 6.45) is 0.0935. The van der Waals surface area contributed by atoms with Gasteiger partial charge in [0.15, 0.2) is 0 Å². The van der Waals surface area contributed by atoms with Crippen LogP contribution in [0.5, 0.6) is 0 Å². The van der Waals surface area contributed by atoms with Crippen molar-refractivity contribution in [2.45, 2.75) is 17.9 Å². The third-order valence-corrected chi connectivity index (χ3v) is 4.45. The van der Waals surface area contributed by atoms with Crippen LogP contribution in [-0.2, 0) is 14.8 Å². The molecule has 1 fully saturated rings. The molecule has 1 atom stereocenters. The molecule has 0 saturated carbocycles. The maximum Gasteiger partial charge on any atom is 0.238 e. The fourth-order valence-corrected chi connectivity index (χ4v) is 2.84. The normalized spacial score (nSPS) is 20.4. The summed E-state index contributed by atoms with van der Waals surface area (Å²) in [6.45, 7) is 6.30. The average molecular weight is 314 g/mol. The van der Waals surface area contributed by atoms with Gasteiger partial charge in [-0.15, -0.1) is 0 Å². The number of ether oxygens (including phenoxy) is 1. The van der Waals surface area contributed by atoms with Crippen molar-refractivity contribution in [2.75, 3.05) is 43.8 Å². The van der Waals surface area contributed by atoms with Gasteiger partial charge in [-0.1, -0.05) is 6.92 Å². The summed E-state index contributed by atoms with van der Waals surface area (Å²) in [5, 5.41) is 8.26. The van der Waals surface area contributed by atoms with Crippen molar-refractivity contribution < 1.29 is 13.2 Å². The number of sulfonamides is 1. The van der Waals surface area contributed by atoms with Gasteiger partial charge in [-0.05, 0) is 24.7 Å². The molecule has 1 aromatic rings. The lowest BCUT2D eigenvalue weighted by molar-refractivity contribution is -0.0191. The lowest BCUT2D eigenvalue weighted by atomic mass is 10.2. The molecule has 1 aliphatic heterocycles. The van der Waals surface area contributed by atoms with Crippen LogP contribution in [0.2, 0.25) is 0 Å². The van der Waals surface area contributed by atoms with Gasteiger partial charge in [-0.2, -0.15) is 0 Å². The predicted molar refractivity (Wildman–Crippen MR) is 82.6 cm³/mol. The van der Waals surface area contributed by atoms with E-state index in [2.05, 4.69) is 17.1 Å².